The Morgan fingerprint density at radius 2 is 1.86 bits per heavy atom. The number of fused-ring (bicyclic) bond motifs is 1. The van der Waals surface area contributed by atoms with Crippen LogP contribution in [0.5, 0.6) is 11.5 Å². The van der Waals surface area contributed by atoms with Crippen LogP contribution in [0.1, 0.15) is 23.1 Å². The van der Waals surface area contributed by atoms with E-state index in [-0.39, 0.29) is 6.03 Å². The van der Waals surface area contributed by atoms with E-state index in [0.29, 0.717) is 24.1 Å². The average molecular weight is 396 g/mol. The van der Waals surface area contributed by atoms with Gasteiger partial charge in [-0.25, -0.2) is 4.79 Å². The minimum atomic E-state index is -0.000283. The van der Waals surface area contributed by atoms with Crippen molar-refractivity contribution in [3.63, 3.8) is 0 Å². The van der Waals surface area contributed by atoms with Crippen LogP contribution in [-0.2, 0) is 19.5 Å². The second kappa shape index (κ2) is 8.74. The maximum atomic E-state index is 12.7. The summed E-state index contributed by atoms with van der Waals surface area (Å²) in [4.78, 5) is 17.1. The quantitative estimate of drug-likeness (QED) is 0.846. The van der Waals surface area contributed by atoms with Crippen molar-refractivity contribution < 1.29 is 14.3 Å². The van der Waals surface area contributed by atoms with Gasteiger partial charge in [0.15, 0.2) is 11.5 Å². The molecule has 2 aromatic carbocycles. The molecule has 1 saturated heterocycles. The van der Waals surface area contributed by atoms with Crippen molar-refractivity contribution in [1.82, 2.24) is 15.1 Å². The molecular weight excluding hydrogens is 366 g/mol. The first-order valence-corrected chi connectivity index (χ1v) is 10.2. The fourth-order valence-electron chi connectivity index (χ4n) is 4.33. The molecule has 0 radical (unpaired) electrons. The highest BCUT2D eigenvalue weighted by molar-refractivity contribution is 5.74. The van der Waals surface area contributed by atoms with Crippen LogP contribution in [-0.4, -0.2) is 55.7 Å². The number of hydrogen-bond acceptors (Lipinski definition) is 4. The molecule has 2 aliphatic rings. The van der Waals surface area contributed by atoms with E-state index in [1.165, 1.54) is 11.1 Å². The molecule has 2 aromatic rings. The van der Waals surface area contributed by atoms with Gasteiger partial charge in [-0.15, -0.1) is 0 Å². The van der Waals surface area contributed by atoms with Crippen molar-refractivity contribution in [2.45, 2.75) is 32.0 Å². The van der Waals surface area contributed by atoms with Gasteiger partial charge in [-0.1, -0.05) is 30.3 Å². The van der Waals surface area contributed by atoms with E-state index >= 15 is 0 Å². The van der Waals surface area contributed by atoms with Crippen LogP contribution in [0.15, 0.2) is 42.5 Å². The monoisotopic (exact) mass is 395 g/mol. The summed E-state index contributed by atoms with van der Waals surface area (Å²) >= 11 is 0. The maximum absolute atomic E-state index is 12.7. The molecule has 1 atom stereocenters. The van der Waals surface area contributed by atoms with E-state index in [1.807, 2.05) is 23.1 Å². The van der Waals surface area contributed by atoms with Crippen molar-refractivity contribution in [3.8, 4) is 11.5 Å². The first-order chi connectivity index (χ1) is 14.2. The first kappa shape index (κ1) is 19.6. The van der Waals surface area contributed by atoms with Gasteiger partial charge in [-0.2, -0.15) is 0 Å². The third-order valence-electron chi connectivity index (χ3n) is 6.02. The summed E-state index contributed by atoms with van der Waals surface area (Å²) in [5.74, 6) is 1.36. The van der Waals surface area contributed by atoms with Gasteiger partial charge in [-0.3, -0.25) is 4.90 Å². The van der Waals surface area contributed by atoms with Gasteiger partial charge in [0, 0.05) is 38.8 Å². The number of urea groups is 1. The van der Waals surface area contributed by atoms with Crippen molar-refractivity contribution in [1.29, 1.82) is 0 Å². The molecule has 2 amide bonds. The SMILES string of the molecule is COc1ccc(CNC(=O)N2CCC(N3CCc4ccccc4C3)C2)cc1OC. The molecular formula is C23H29N3O3. The second-order valence-corrected chi connectivity index (χ2v) is 7.73. The zero-order valence-electron chi connectivity index (χ0n) is 17.2. The van der Waals surface area contributed by atoms with E-state index in [4.69, 9.17) is 9.47 Å². The van der Waals surface area contributed by atoms with E-state index in [1.54, 1.807) is 14.2 Å². The highest BCUT2D eigenvalue weighted by atomic mass is 16.5. The number of carbonyl (C=O) groups excluding carboxylic acids is 1. The van der Waals surface area contributed by atoms with Crippen LogP contribution in [0.4, 0.5) is 4.79 Å². The fourth-order valence-corrected chi connectivity index (χ4v) is 4.33. The summed E-state index contributed by atoms with van der Waals surface area (Å²) in [6.45, 7) is 4.13. The molecule has 1 unspecified atom stereocenters. The van der Waals surface area contributed by atoms with Crippen molar-refractivity contribution >= 4 is 6.03 Å². The van der Waals surface area contributed by atoms with Crippen molar-refractivity contribution in [3.05, 3.63) is 59.2 Å². The Bertz CT molecular complexity index is 870. The molecule has 0 aromatic heterocycles. The summed E-state index contributed by atoms with van der Waals surface area (Å²) in [7, 11) is 3.23. The minimum Gasteiger partial charge on any atom is -0.493 e. The molecule has 0 bridgehead atoms. The van der Waals surface area contributed by atoms with Crippen LogP contribution >= 0.6 is 0 Å². The Labute approximate surface area is 172 Å². The lowest BCUT2D eigenvalue weighted by Gasteiger charge is -2.33. The standard InChI is InChI=1S/C23H29N3O3/c1-28-21-8-7-17(13-22(21)29-2)14-24-23(27)26-12-10-20(16-26)25-11-9-18-5-3-4-6-19(18)15-25/h3-8,13,20H,9-12,14-16H2,1-2H3,(H,24,27). The zero-order valence-corrected chi connectivity index (χ0v) is 17.2. The summed E-state index contributed by atoms with van der Waals surface area (Å²) in [6.07, 6.45) is 2.13. The van der Waals surface area contributed by atoms with Crippen LogP contribution in [0, 0.1) is 0 Å². The Hall–Kier alpha value is -2.73. The van der Waals surface area contributed by atoms with Gasteiger partial charge in [0.25, 0.3) is 0 Å². The highest BCUT2D eigenvalue weighted by Gasteiger charge is 2.31. The number of amides is 2. The van der Waals surface area contributed by atoms with E-state index in [9.17, 15) is 4.79 Å². The maximum Gasteiger partial charge on any atom is 0.317 e. The lowest BCUT2D eigenvalue weighted by Crippen LogP contribution is -2.43. The number of hydrogen-bond donors (Lipinski definition) is 1. The molecule has 0 saturated carbocycles. The summed E-state index contributed by atoms with van der Waals surface area (Å²) in [6, 6.07) is 14.8. The Balaban J connectivity index is 1.30. The van der Waals surface area contributed by atoms with Crippen LogP contribution in [0.25, 0.3) is 0 Å². The molecule has 0 aliphatic carbocycles. The number of likely N-dealkylation sites (tertiary alicyclic amines) is 1. The van der Waals surface area contributed by atoms with E-state index < -0.39 is 0 Å². The van der Waals surface area contributed by atoms with E-state index in [2.05, 4.69) is 34.5 Å². The minimum absolute atomic E-state index is 0.000283. The molecule has 0 spiro atoms. The van der Waals surface area contributed by atoms with Crippen molar-refractivity contribution in [2.24, 2.45) is 0 Å². The molecule has 29 heavy (non-hydrogen) atoms. The third-order valence-corrected chi connectivity index (χ3v) is 6.02. The Kier molecular flexibility index (Phi) is 5.90. The normalized spacial score (nSPS) is 19.0. The van der Waals surface area contributed by atoms with Gasteiger partial charge in [-0.05, 0) is 41.7 Å². The number of benzene rings is 2. The van der Waals surface area contributed by atoms with Crippen LogP contribution < -0.4 is 14.8 Å². The topological polar surface area (TPSA) is 54.0 Å². The lowest BCUT2D eigenvalue weighted by molar-refractivity contribution is 0.173. The van der Waals surface area contributed by atoms with Gasteiger partial charge in [0.2, 0.25) is 0 Å². The number of nitrogens with zero attached hydrogens (tertiary/aromatic N) is 2. The number of carbonyl (C=O) groups is 1. The Morgan fingerprint density at radius 3 is 2.66 bits per heavy atom. The predicted molar refractivity (Wildman–Crippen MR) is 112 cm³/mol. The molecule has 2 heterocycles. The number of rotatable bonds is 5. The number of nitrogens with one attached hydrogen (secondary N) is 1. The van der Waals surface area contributed by atoms with Gasteiger partial charge >= 0.3 is 6.03 Å². The van der Waals surface area contributed by atoms with E-state index in [0.717, 1.165) is 44.6 Å². The van der Waals surface area contributed by atoms with Crippen LogP contribution in [0.3, 0.4) is 0 Å². The lowest BCUT2D eigenvalue weighted by atomic mass is 9.98. The molecule has 1 fully saturated rings. The summed E-state index contributed by atoms with van der Waals surface area (Å²) in [5, 5.41) is 3.04. The first-order valence-electron chi connectivity index (χ1n) is 10.2. The smallest absolute Gasteiger partial charge is 0.317 e. The van der Waals surface area contributed by atoms with Crippen molar-refractivity contribution in [2.75, 3.05) is 33.9 Å². The van der Waals surface area contributed by atoms with Gasteiger partial charge in [0.05, 0.1) is 14.2 Å². The number of methoxy groups -OCH3 is 2. The molecule has 1 N–H and O–H groups in total. The molecule has 6 heteroatoms. The zero-order chi connectivity index (χ0) is 20.2. The average Bonchev–Trinajstić information content (AvgIpc) is 3.27. The molecule has 6 nitrogen and oxygen atoms in total. The van der Waals surface area contributed by atoms with Gasteiger partial charge < -0.3 is 19.7 Å². The molecule has 2 aliphatic heterocycles. The Morgan fingerprint density at radius 1 is 1.07 bits per heavy atom. The second-order valence-electron chi connectivity index (χ2n) is 7.73. The van der Waals surface area contributed by atoms with Crippen LogP contribution in [0.2, 0.25) is 0 Å². The third kappa shape index (κ3) is 4.32. The fraction of sp³-hybridized carbons (Fsp3) is 0.435. The summed E-state index contributed by atoms with van der Waals surface area (Å²) < 4.78 is 10.6. The highest BCUT2D eigenvalue weighted by Crippen LogP contribution is 2.28. The predicted octanol–water partition coefficient (Wildman–Crippen LogP) is 3.05. The number of ether oxygens (including phenoxy) is 2. The largest absolute Gasteiger partial charge is 0.493 e. The molecule has 154 valence electrons. The summed E-state index contributed by atoms with van der Waals surface area (Å²) in [5.41, 5.74) is 3.88. The van der Waals surface area contributed by atoms with Gasteiger partial charge in [0.1, 0.15) is 0 Å². The molecule has 4 rings (SSSR count).